The summed E-state index contributed by atoms with van der Waals surface area (Å²) in [6, 6.07) is 3.45. The van der Waals surface area contributed by atoms with E-state index in [9.17, 15) is 4.79 Å². The van der Waals surface area contributed by atoms with Crippen LogP contribution in [0.4, 0.5) is 5.69 Å². The number of hydrogen-bond donors (Lipinski definition) is 1. The molecule has 0 saturated carbocycles. The monoisotopic (exact) mass is 236 g/mol. The van der Waals surface area contributed by atoms with Gasteiger partial charge in [-0.2, -0.15) is 0 Å². The van der Waals surface area contributed by atoms with E-state index in [2.05, 4.69) is 9.88 Å². The van der Waals surface area contributed by atoms with Gasteiger partial charge in [0.05, 0.1) is 6.10 Å². The van der Waals surface area contributed by atoms with Crippen LogP contribution < -0.4 is 4.90 Å². The van der Waals surface area contributed by atoms with E-state index in [0.29, 0.717) is 0 Å². The third-order valence-electron chi connectivity index (χ3n) is 2.78. The van der Waals surface area contributed by atoms with Crippen molar-refractivity contribution in [3.63, 3.8) is 0 Å². The van der Waals surface area contributed by atoms with Crippen LogP contribution in [0, 0.1) is 0 Å². The Balaban J connectivity index is 2.20. The summed E-state index contributed by atoms with van der Waals surface area (Å²) in [6.45, 7) is 4.45. The fourth-order valence-electron chi connectivity index (χ4n) is 1.96. The molecule has 5 nitrogen and oxygen atoms in total. The predicted octanol–water partition coefficient (Wildman–Crippen LogP) is 1.40. The number of pyridine rings is 1. The fourth-order valence-corrected chi connectivity index (χ4v) is 1.96. The Morgan fingerprint density at radius 1 is 1.65 bits per heavy atom. The maximum atomic E-state index is 10.9. The molecule has 5 heteroatoms. The molecule has 1 aromatic heterocycles. The van der Waals surface area contributed by atoms with Gasteiger partial charge in [-0.25, -0.2) is 9.78 Å². The van der Waals surface area contributed by atoms with Crippen LogP contribution in [-0.4, -0.2) is 41.9 Å². The average molecular weight is 236 g/mol. The molecule has 0 aromatic carbocycles. The number of carboxylic acids is 1. The van der Waals surface area contributed by atoms with E-state index in [1.807, 2.05) is 13.0 Å². The standard InChI is InChI=1S/C12H16N2O3/c1-9-8-14(5-2-6-17-9)10-3-4-13-11(7-10)12(15)16/h3-4,7,9H,2,5-6,8H2,1H3,(H,15,16). The molecule has 0 bridgehead atoms. The number of carboxylic acid groups (broad SMARTS) is 1. The summed E-state index contributed by atoms with van der Waals surface area (Å²) in [6.07, 6.45) is 2.66. The van der Waals surface area contributed by atoms with Gasteiger partial charge >= 0.3 is 5.97 Å². The largest absolute Gasteiger partial charge is 0.477 e. The first kappa shape index (κ1) is 11.9. The van der Waals surface area contributed by atoms with Crippen LogP contribution in [0.3, 0.4) is 0 Å². The second-order valence-electron chi connectivity index (χ2n) is 4.19. The van der Waals surface area contributed by atoms with Gasteiger partial charge < -0.3 is 14.7 Å². The second-order valence-corrected chi connectivity index (χ2v) is 4.19. The lowest BCUT2D eigenvalue weighted by Crippen LogP contribution is -2.30. The molecule has 2 heterocycles. The van der Waals surface area contributed by atoms with Crippen LogP contribution in [0.25, 0.3) is 0 Å². The van der Waals surface area contributed by atoms with E-state index >= 15 is 0 Å². The number of hydrogen-bond acceptors (Lipinski definition) is 4. The normalized spacial score (nSPS) is 21.0. The molecule has 1 aliphatic heterocycles. The number of ether oxygens (including phenoxy) is 1. The summed E-state index contributed by atoms with van der Waals surface area (Å²) in [5.74, 6) is -0.994. The van der Waals surface area contributed by atoms with Gasteiger partial charge in [0.2, 0.25) is 0 Å². The maximum Gasteiger partial charge on any atom is 0.354 e. The molecule has 1 atom stereocenters. The summed E-state index contributed by atoms with van der Waals surface area (Å²) >= 11 is 0. The van der Waals surface area contributed by atoms with E-state index < -0.39 is 5.97 Å². The summed E-state index contributed by atoms with van der Waals surface area (Å²) in [4.78, 5) is 16.8. The molecule has 0 spiro atoms. The summed E-state index contributed by atoms with van der Waals surface area (Å²) in [5.41, 5.74) is 0.982. The van der Waals surface area contributed by atoms with Gasteiger partial charge in [0.1, 0.15) is 5.69 Å². The lowest BCUT2D eigenvalue weighted by atomic mass is 10.2. The van der Waals surface area contributed by atoms with Crippen molar-refractivity contribution in [1.82, 2.24) is 4.98 Å². The van der Waals surface area contributed by atoms with Gasteiger partial charge in [-0.1, -0.05) is 0 Å². The van der Waals surface area contributed by atoms with Crippen molar-refractivity contribution in [2.24, 2.45) is 0 Å². The third kappa shape index (κ3) is 2.94. The quantitative estimate of drug-likeness (QED) is 0.840. The minimum Gasteiger partial charge on any atom is -0.477 e. The van der Waals surface area contributed by atoms with Crippen molar-refractivity contribution >= 4 is 11.7 Å². The van der Waals surface area contributed by atoms with Gasteiger partial charge in [0.15, 0.2) is 0 Å². The molecule has 1 aliphatic rings. The van der Waals surface area contributed by atoms with Gasteiger partial charge in [-0.15, -0.1) is 0 Å². The van der Waals surface area contributed by atoms with Gasteiger partial charge in [-0.05, 0) is 25.5 Å². The first-order valence-corrected chi connectivity index (χ1v) is 5.72. The fraction of sp³-hybridized carbons (Fsp3) is 0.500. The molecule has 1 fully saturated rings. The SMILES string of the molecule is CC1CN(c2ccnc(C(=O)O)c2)CCCO1. The van der Waals surface area contributed by atoms with E-state index in [-0.39, 0.29) is 11.8 Å². The van der Waals surface area contributed by atoms with Crippen molar-refractivity contribution in [3.05, 3.63) is 24.0 Å². The average Bonchev–Trinajstić information content (AvgIpc) is 2.54. The van der Waals surface area contributed by atoms with E-state index in [0.717, 1.165) is 31.8 Å². The van der Waals surface area contributed by atoms with E-state index in [1.54, 1.807) is 6.07 Å². The van der Waals surface area contributed by atoms with Crippen molar-refractivity contribution in [2.75, 3.05) is 24.6 Å². The van der Waals surface area contributed by atoms with Crippen LogP contribution in [0.15, 0.2) is 18.3 Å². The molecule has 17 heavy (non-hydrogen) atoms. The lowest BCUT2D eigenvalue weighted by molar-refractivity contribution is 0.0690. The van der Waals surface area contributed by atoms with Gasteiger partial charge in [-0.3, -0.25) is 0 Å². The topological polar surface area (TPSA) is 62.7 Å². The number of aromatic nitrogens is 1. The lowest BCUT2D eigenvalue weighted by Gasteiger charge is -2.24. The van der Waals surface area contributed by atoms with Crippen molar-refractivity contribution in [3.8, 4) is 0 Å². The highest BCUT2D eigenvalue weighted by atomic mass is 16.5. The Kier molecular flexibility index (Phi) is 3.58. The first-order chi connectivity index (χ1) is 8.16. The summed E-state index contributed by atoms with van der Waals surface area (Å²) in [7, 11) is 0. The first-order valence-electron chi connectivity index (χ1n) is 5.72. The maximum absolute atomic E-state index is 10.9. The predicted molar refractivity (Wildman–Crippen MR) is 63.4 cm³/mol. The van der Waals surface area contributed by atoms with Crippen LogP contribution >= 0.6 is 0 Å². The highest BCUT2D eigenvalue weighted by Crippen LogP contribution is 2.18. The van der Waals surface area contributed by atoms with Gasteiger partial charge in [0.25, 0.3) is 0 Å². The zero-order valence-electron chi connectivity index (χ0n) is 9.80. The van der Waals surface area contributed by atoms with Crippen molar-refractivity contribution in [1.29, 1.82) is 0 Å². The Bertz CT molecular complexity index is 408. The number of aromatic carboxylic acids is 1. The van der Waals surface area contributed by atoms with Crippen LogP contribution in [0.2, 0.25) is 0 Å². The van der Waals surface area contributed by atoms with Crippen molar-refractivity contribution in [2.45, 2.75) is 19.4 Å². The van der Waals surface area contributed by atoms with Crippen LogP contribution in [-0.2, 0) is 4.74 Å². The molecule has 92 valence electrons. The number of rotatable bonds is 2. The number of carbonyl (C=O) groups is 1. The number of anilines is 1. The molecule has 0 aliphatic carbocycles. The molecular weight excluding hydrogens is 220 g/mol. The zero-order chi connectivity index (χ0) is 12.3. The van der Waals surface area contributed by atoms with Crippen LogP contribution in [0.5, 0.6) is 0 Å². The van der Waals surface area contributed by atoms with E-state index in [1.165, 1.54) is 6.20 Å². The minimum atomic E-state index is -0.994. The summed E-state index contributed by atoms with van der Waals surface area (Å²) < 4.78 is 5.56. The zero-order valence-corrected chi connectivity index (χ0v) is 9.80. The summed E-state index contributed by atoms with van der Waals surface area (Å²) in [5, 5.41) is 8.91. The molecule has 2 rings (SSSR count). The van der Waals surface area contributed by atoms with E-state index in [4.69, 9.17) is 9.84 Å². The Morgan fingerprint density at radius 2 is 2.47 bits per heavy atom. The minimum absolute atomic E-state index is 0.0836. The molecule has 0 radical (unpaired) electrons. The smallest absolute Gasteiger partial charge is 0.354 e. The molecule has 1 aromatic rings. The molecule has 0 amide bonds. The number of nitrogens with zero attached hydrogens (tertiary/aromatic N) is 2. The molecule has 1 unspecified atom stereocenters. The molecule has 1 saturated heterocycles. The molecular formula is C12H16N2O3. The second kappa shape index (κ2) is 5.14. The third-order valence-corrected chi connectivity index (χ3v) is 2.78. The highest BCUT2D eigenvalue weighted by Gasteiger charge is 2.16. The Hall–Kier alpha value is -1.62. The highest BCUT2D eigenvalue weighted by molar-refractivity contribution is 5.86. The van der Waals surface area contributed by atoms with Crippen molar-refractivity contribution < 1.29 is 14.6 Å². The molecule has 1 N–H and O–H groups in total. The van der Waals surface area contributed by atoms with Gasteiger partial charge in [0, 0.05) is 31.6 Å². The van der Waals surface area contributed by atoms with Crippen LogP contribution in [0.1, 0.15) is 23.8 Å². The Labute approximate surface area is 100 Å². The Morgan fingerprint density at radius 3 is 3.24 bits per heavy atom.